The highest BCUT2D eigenvalue weighted by molar-refractivity contribution is 5.86. The summed E-state index contributed by atoms with van der Waals surface area (Å²) in [6, 6.07) is -1.68. The van der Waals surface area contributed by atoms with E-state index < -0.39 is 35.7 Å². The Hall–Kier alpha value is -1.47. The summed E-state index contributed by atoms with van der Waals surface area (Å²) in [6.45, 7) is 6.51. The quantitative estimate of drug-likeness (QED) is 0.860. The van der Waals surface area contributed by atoms with Crippen molar-refractivity contribution in [3.63, 3.8) is 0 Å². The highest BCUT2D eigenvalue weighted by Crippen LogP contribution is 2.30. The molecule has 1 N–H and O–H groups in total. The van der Waals surface area contributed by atoms with Gasteiger partial charge in [0.15, 0.2) is 0 Å². The zero-order valence-corrected chi connectivity index (χ0v) is 14.0. The lowest BCUT2D eigenvalue weighted by molar-refractivity contribution is -0.183. The van der Waals surface area contributed by atoms with Crippen LogP contribution >= 0.6 is 0 Å². The summed E-state index contributed by atoms with van der Waals surface area (Å²) >= 11 is 0. The molecule has 134 valence electrons. The van der Waals surface area contributed by atoms with Gasteiger partial charge in [0.25, 0.3) is 0 Å². The van der Waals surface area contributed by atoms with Crippen LogP contribution in [0, 0.1) is 5.92 Å². The number of hydrogen-bond donors (Lipinski definition) is 1. The van der Waals surface area contributed by atoms with Gasteiger partial charge in [-0.15, -0.1) is 0 Å². The summed E-state index contributed by atoms with van der Waals surface area (Å²) in [5.41, 5.74) is -0.857. The van der Waals surface area contributed by atoms with Gasteiger partial charge in [-0.2, -0.15) is 13.2 Å². The first-order valence-corrected chi connectivity index (χ1v) is 7.77. The van der Waals surface area contributed by atoms with Crippen molar-refractivity contribution in [3.8, 4) is 0 Å². The number of rotatable bonds is 3. The van der Waals surface area contributed by atoms with Crippen molar-refractivity contribution in [2.45, 2.75) is 64.8 Å². The minimum atomic E-state index is -4.59. The molecule has 0 aromatic heterocycles. The molecule has 5 nitrogen and oxygen atoms in total. The van der Waals surface area contributed by atoms with Crippen molar-refractivity contribution >= 4 is 12.0 Å². The van der Waals surface area contributed by atoms with E-state index in [2.05, 4.69) is 5.32 Å². The summed E-state index contributed by atoms with van der Waals surface area (Å²) in [5.74, 6) is -2.70. The largest absolute Gasteiger partial charge is 0.444 e. The average molecular weight is 338 g/mol. The van der Waals surface area contributed by atoms with Gasteiger partial charge >= 0.3 is 12.3 Å². The molecular weight excluding hydrogens is 313 g/mol. The van der Waals surface area contributed by atoms with Crippen molar-refractivity contribution in [1.82, 2.24) is 10.2 Å². The molecule has 8 heteroatoms. The number of nitrogens with zero attached hydrogens (tertiary/aromatic N) is 1. The number of ether oxygens (including phenoxy) is 1. The number of hydrogen-bond acceptors (Lipinski definition) is 3. The van der Waals surface area contributed by atoms with Gasteiger partial charge in [0.05, 0.1) is 5.92 Å². The van der Waals surface area contributed by atoms with E-state index in [0.29, 0.717) is 13.1 Å². The van der Waals surface area contributed by atoms with Crippen molar-refractivity contribution in [2.75, 3.05) is 13.1 Å². The van der Waals surface area contributed by atoms with Crippen LogP contribution < -0.4 is 5.32 Å². The highest BCUT2D eigenvalue weighted by atomic mass is 19.4. The smallest absolute Gasteiger partial charge is 0.408 e. The Morgan fingerprint density at radius 1 is 1.09 bits per heavy atom. The molecule has 23 heavy (non-hydrogen) atoms. The van der Waals surface area contributed by atoms with Gasteiger partial charge < -0.3 is 15.0 Å². The van der Waals surface area contributed by atoms with Crippen LogP contribution in [0.3, 0.4) is 0 Å². The second kappa shape index (κ2) is 7.40. The van der Waals surface area contributed by atoms with Crippen LogP contribution in [0.1, 0.15) is 47.0 Å². The highest BCUT2D eigenvalue weighted by Gasteiger charge is 2.46. The average Bonchev–Trinajstić information content (AvgIpc) is 2.41. The summed E-state index contributed by atoms with van der Waals surface area (Å²) in [4.78, 5) is 25.6. The maximum absolute atomic E-state index is 13.1. The molecule has 0 aromatic carbocycles. The van der Waals surface area contributed by atoms with Gasteiger partial charge in [-0.05, 0) is 40.0 Å². The molecule has 0 radical (unpaired) electrons. The number of likely N-dealkylation sites (tertiary alicyclic amines) is 1. The fourth-order valence-corrected chi connectivity index (χ4v) is 2.34. The summed E-state index contributed by atoms with van der Waals surface area (Å²) in [5, 5.41) is 2.10. The lowest BCUT2D eigenvalue weighted by Crippen LogP contribution is -2.56. The number of halogens is 3. The fourth-order valence-electron chi connectivity index (χ4n) is 2.34. The molecule has 0 aliphatic carbocycles. The first-order valence-electron chi connectivity index (χ1n) is 7.77. The Bertz CT molecular complexity index is 427. The van der Waals surface area contributed by atoms with E-state index in [0.717, 1.165) is 26.2 Å². The molecule has 0 bridgehead atoms. The molecule has 1 aliphatic heterocycles. The van der Waals surface area contributed by atoms with Crippen LogP contribution in [0.5, 0.6) is 0 Å². The molecule has 0 saturated carbocycles. The fraction of sp³-hybridized carbons (Fsp3) is 0.867. The molecule has 1 saturated heterocycles. The van der Waals surface area contributed by atoms with Crippen LogP contribution in [0.4, 0.5) is 18.0 Å². The standard InChI is InChI=1S/C15H25F3N2O3/c1-10(15(16,17)18)11(19-13(22)23-14(2,3)4)12(21)20-8-6-5-7-9-20/h10-11H,5-9H2,1-4H3,(H,19,22)/t10?,11-/m1/s1. The van der Waals surface area contributed by atoms with E-state index in [-0.39, 0.29) is 0 Å². The van der Waals surface area contributed by atoms with Gasteiger partial charge in [0.1, 0.15) is 11.6 Å². The van der Waals surface area contributed by atoms with Crippen molar-refractivity contribution in [2.24, 2.45) is 5.92 Å². The zero-order chi connectivity index (χ0) is 17.8. The predicted octanol–water partition coefficient (Wildman–Crippen LogP) is 3.09. The first kappa shape index (κ1) is 19.6. The van der Waals surface area contributed by atoms with Crippen molar-refractivity contribution < 1.29 is 27.5 Å². The third-order valence-corrected chi connectivity index (χ3v) is 3.62. The maximum atomic E-state index is 13.1. The van der Waals surface area contributed by atoms with E-state index in [1.165, 1.54) is 4.90 Å². The molecule has 1 aliphatic rings. The van der Waals surface area contributed by atoms with Crippen LogP contribution in [-0.2, 0) is 9.53 Å². The second-order valence-electron chi connectivity index (χ2n) is 6.84. The summed E-state index contributed by atoms with van der Waals surface area (Å²) < 4.78 is 44.1. The maximum Gasteiger partial charge on any atom is 0.408 e. The van der Waals surface area contributed by atoms with Gasteiger partial charge in [-0.1, -0.05) is 6.92 Å². The lowest BCUT2D eigenvalue weighted by Gasteiger charge is -2.34. The Labute approximate surface area is 134 Å². The van der Waals surface area contributed by atoms with Crippen LogP contribution in [0.2, 0.25) is 0 Å². The predicted molar refractivity (Wildman–Crippen MR) is 78.8 cm³/mol. The monoisotopic (exact) mass is 338 g/mol. The molecule has 1 unspecified atom stereocenters. The normalized spacial score (nSPS) is 19.0. The Kier molecular flexibility index (Phi) is 6.30. The molecule has 1 heterocycles. The van der Waals surface area contributed by atoms with Crippen LogP contribution in [0.25, 0.3) is 0 Å². The molecule has 0 spiro atoms. The molecule has 2 amide bonds. The van der Waals surface area contributed by atoms with E-state index >= 15 is 0 Å². The van der Waals surface area contributed by atoms with E-state index in [9.17, 15) is 22.8 Å². The van der Waals surface area contributed by atoms with Gasteiger partial charge in [0, 0.05) is 13.1 Å². The molecule has 1 rings (SSSR count). The number of nitrogens with one attached hydrogen (secondary N) is 1. The minimum Gasteiger partial charge on any atom is -0.444 e. The SMILES string of the molecule is CC([C@@H](NC(=O)OC(C)(C)C)C(=O)N1CCCCC1)C(F)(F)F. The molecule has 1 fully saturated rings. The van der Waals surface area contributed by atoms with Crippen molar-refractivity contribution in [1.29, 1.82) is 0 Å². The van der Waals surface area contributed by atoms with E-state index in [1.54, 1.807) is 20.8 Å². The number of alkyl carbamates (subject to hydrolysis) is 1. The minimum absolute atomic E-state index is 0.413. The Morgan fingerprint density at radius 2 is 1.61 bits per heavy atom. The topological polar surface area (TPSA) is 58.6 Å². The zero-order valence-electron chi connectivity index (χ0n) is 14.0. The van der Waals surface area contributed by atoms with Crippen molar-refractivity contribution in [3.05, 3.63) is 0 Å². The number of carbonyl (C=O) groups excluding carboxylic acids is 2. The third kappa shape index (κ3) is 6.27. The molecular formula is C15H25F3N2O3. The summed E-state index contributed by atoms with van der Waals surface area (Å²) in [7, 11) is 0. The van der Waals surface area contributed by atoms with Crippen LogP contribution in [0.15, 0.2) is 0 Å². The number of amides is 2. The Balaban J connectivity index is 2.88. The molecule has 2 atom stereocenters. The van der Waals surface area contributed by atoms with E-state index in [1.807, 2.05) is 0 Å². The summed E-state index contributed by atoms with van der Waals surface area (Å²) in [6.07, 6.45) is -3.16. The number of piperidine rings is 1. The van der Waals surface area contributed by atoms with Gasteiger partial charge in [0.2, 0.25) is 5.91 Å². The van der Waals surface area contributed by atoms with E-state index in [4.69, 9.17) is 4.74 Å². The number of carbonyl (C=O) groups is 2. The Morgan fingerprint density at radius 3 is 2.04 bits per heavy atom. The lowest BCUT2D eigenvalue weighted by atomic mass is 9.99. The number of alkyl halides is 3. The second-order valence-corrected chi connectivity index (χ2v) is 6.84. The first-order chi connectivity index (χ1) is 10.4. The molecule has 0 aromatic rings. The van der Waals surface area contributed by atoms with Gasteiger partial charge in [-0.3, -0.25) is 4.79 Å². The van der Waals surface area contributed by atoms with Crippen LogP contribution in [-0.4, -0.2) is 47.8 Å². The third-order valence-electron chi connectivity index (χ3n) is 3.62. The van der Waals surface area contributed by atoms with Gasteiger partial charge in [-0.25, -0.2) is 4.79 Å².